The molecule has 0 fully saturated rings. The number of hydrogen-bond acceptors (Lipinski definition) is 7. The number of methoxy groups -OCH3 is 2. The van der Waals surface area contributed by atoms with E-state index in [1.165, 1.54) is 7.11 Å². The lowest BCUT2D eigenvalue weighted by Gasteiger charge is -2.36. The summed E-state index contributed by atoms with van der Waals surface area (Å²) in [7, 11) is 4.72. The molecule has 36 heavy (non-hydrogen) atoms. The van der Waals surface area contributed by atoms with Gasteiger partial charge in [0.05, 0.1) is 17.7 Å². The van der Waals surface area contributed by atoms with Crippen LogP contribution in [0.2, 0.25) is 0 Å². The zero-order chi connectivity index (χ0) is 26.2. The molecule has 2 heterocycles. The van der Waals surface area contributed by atoms with Crippen LogP contribution in [0.1, 0.15) is 34.7 Å². The van der Waals surface area contributed by atoms with Gasteiger partial charge in [-0.1, -0.05) is 13.0 Å². The summed E-state index contributed by atoms with van der Waals surface area (Å²) in [5.74, 6) is -0.531. The molecule has 0 radical (unpaired) electrons. The maximum Gasteiger partial charge on any atom is 0.272 e. The SMILES string of the molecule is COCC(=O)Nc1ccc2c(c1)C(=O)N(C)C[C@H](OC)[C@H](C)CN(C(=O)c1ccccn1)[C@H](C)CO2. The first kappa shape index (κ1) is 27.1. The second-order valence-corrected chi connectivity index (χ2v) is 8.96. The zero-order valence-electron chi connectivity index (χ0n) is 21.4. The third-order valence-electron chi connectivity index (χ3n) is 6.15. The van der Waals surface area contributed by atoms with Crippen molar-refractivity contribution in [1.29, 1.82) is 0 Å². The lowest BCUT2D eigenvalue weighted by molar-refractivity contribution is -0.119. The molecule has 1 aromatic carbocycles. The highest BCUT2D eigenvalue weighted by atomic mass is 16.5. The molecule has 0 bridgehead atoms. The fourth-order valence-electron chi connectivity index (χ4n) is 4.10. The molecule has 2 aromatic rings. The highest BCUT2D eigenvalue weighted by Gasteiger charge is 2.31. The van der Waals surface area contributed by atoms with Gasteiger partial charge in [0, 0.05) is 52.2 Å². The van der Waals surface area contributed by atoms with Crippen molar-refractivity contribution in [2.24, 2.45) is 5.92 Å². The van der Waals surface area contributed by atoms with E-state index < -0.39 is 0 Å². The number of nitrogens with one attached hydrogen (secondary N) is 1. The number of carbonyl (C=O) groups excluding carboxylic acids is 3. The molecular weight excluding hydrogens is 464 g/mol. The van der Waals surface area contributed by atoms with Crippen LogP contribution in [-0.2, 0) is 14.3 Å². The molecule has 0 spiro atoms. The Morgan fingerprint density at radius 2 is 1.94 bits per heavy atom. The van der Waals surface area contributed by atoms with Gasteiger partial charge in [-0.15, -0.1) is 0 Å². The molecule has 1 aliphatic rings. The number of nitrogens with zero attached hydrogens (tertiary/aromatic N) is 3. The molecule has 0 unspecified atom stereocenters. The molecule has 10 heteroatoms. The van der Waals surface area contributed by atoms with E-state index in [1.807, 2.05) is 13.8 Å². The normalized spacial score (nSPS) is 21.0. The summed E-state index contributed by atoms with van der Waals surface area (Å²) in [6, 6.07) is 9.79. The highest BCUT2D eigenvalue weighted by Crippen LogP contribution is 2.26. The van der Waals surface area contributed by atoms with Gasteiger partial charge in [0.15, 0.2) is 0 Å². The number of aromatic nitrogens is 1. The van der Waals surface area contributed by atoms with Crippen LogP contribution in [0.5, 0.6) is 5.75 Å². The summed E-state index contributed by atoms with van der Waals surface area (Å²) in [5, 5.41) is 2.72. The number of fused-ring (bicyclic) bond motifs is 1. The minimum atomic E-state index is -0.335. The number of rotatable bonds is 5. The van der Waals surface area contributed by atoms with E-state index in [1.54, 1.807) is 66.6 Å². The van der Waals surface area contributed by atoms with Gasteiger partial charge in [0.25, 0.3) is 11.8 Å². The third-order valence-corrected chi connectivity index (χ3v) is 6.15. The minimum absolute atomic E-state index is 0.0843. The van der Waals surface area contributed by atoms with Crippen LogP contribution in [-0.4, -0.2) is 92.2 Å². The van der Waals surface area contributed by atoms with Crippen LogP contribution in [0.15, 0.2) is 42.6 Å². The number of anilines is 1. The van der Waals surface area contributed by atoms with Crippen molar-refractivity contribution in [3.8, 4) is 5.75 Å². The molecule has 3 atom stereocenters. The second kappa shape index (κ2) is 12.5. The molecule has 0 aliphatic carbocycles. The van der Waals surface area contributed by atoms with Gasteiger partial charge in [0.2, 0.25) is 5.91 Å². The van der Waals surface area contributed by atoms with Crippen molar-refractivity contribution in [1.82, 2.24) is 14.8 Å². The van der Waals surface area contributed by atoms with E-state index in [9.17, 15) is 14.4 Å². The minimum Gasteiger partial charge on any atom is -0.491 e. The second-order valence-electron chi connectivity index (χ2n) is 8.96. The van der Waals surface area contributed by atoms with Gasteiger partial charge in [-0.3, -0.25) is 19.4 Å². The first-order valence-electron chi connectivity index (χ1n) is 11.8. The molecule has 1 N–H and O–H groups in total. The van der Waals surface area contributed by atoms with Crippen LogP contribution < -0.4 is 10.1 Å². The highest BCUT2D eigenvalue weighted by molar-refractivity contribution is 5.99. The number of ether oxygens (including phenoxy) is 3. The number of pyridine rings is 1. The predicted molar refractivity (Wildman–Crippen MR) is 134 cm³/mol. The van der Waals surface area contributed by atoms with Gasteiger partial charge < -0.3 is 29.3 Å². The standard InChI is InChI=1S/C26H34N4O6/c1-17-13-30(26(33)21-8-6-7-11-27-21)18(2)15-36-22-10-9-19(28-24(31)16-34-4)12-20(22)25(32)29(3)14-23(17)35-5/h6-12,17-18,23H,13-16H2,1-5H3,(H,28,31)/t17-,18-,23+/m1/s1. The topological polar surface area (TPSA) is 110 Å². The monoisotopic (exact) mass is 498 g/mol. The summed E-state index contributed by atoms with van der Waals surface area (Å²) >= 11 is 0. The summed E-state index contributed by atoms with van der Waals surface area (Å²) in [5.41, 5.74) is 1.09. The summed E-state index contributed by atoms with van der Waals surface area (Å²) < 4.78 is 16.7. The Balaban J connectivity index is 1.96. The molecule has 1 aromatic heterocycles. The van der Waals surface area contributed by atoms with Gasteiger partial charge >= 0.3 is 0 Å². The van der Waals surface area contributed by atoms with Crippen molar-refractivity contribution in [2.75, 3.05) is 52.9 Å². The first-order chi connectivity index (χ1) is 17.2. The maximum atomic E-state index is 13.4. The summed E-state index contributed by atoms with van der Waals surface area (Å²) in [4.78, 5) is 46.3. The van der Waals surface area contributed by atoms with Crippen molar-refractivity contribution in [3.05, 3.63) is 53.9 Å². The Morgan fingerprint density at radius 1 is 1.17 bits per heavy atom. The average Bonchev–Trinajstić information content (AvgIpc) is 2.88. The van der Waals surface area contributed by atoms with E-state index >= 15 is 0 Å². The Bertz CT molecular complexity index is 1060. The molecule has 0 saturated carbocycles. The maximum absolute atomic E-state index is 13.4. The molecule has 3 amide bonds. The Hall–Kier alpha value is -3.50. The largest absolute Gasteiger partial charge is 0.491 e. The number of hydrogen-bond donors (Lipinski definition) is 1. The molecule has 1 aliphatic heterocycles. The van der Waals surface area contributed by atoms with Crippen LogP contribution in [0.25, 0.3) is 0 Å². The van der Waals surface area contributed by atoms with E-state index in [2.05, 4.69) is 10.3 Å². The van der Waals surface area contributed by atoms with E-state index in [-0.39, 0.29) is 49.0 Å². The summed E-state index contributed by atoms with van der Waals surface area (Å²) in [6.45, 7) is 4.64. The molecular formula is C26H34N4O6. The number of benzene rings is 1. The van der Waals surface area contributed by atoms with Crippen molar-refractivity contribution in [3.63, 3.8) is 0 Å². The molecule has 0 saturated heterocycles. The molecule has 10 nitrogen and oxygen atoms in total. The van der Waals surface area contributed by atoms with E-state index in [4.69, 9.17) is 14.2 Å². The Morgan fingerprint density at radius 3 is 2.61 bits per heavy atom. The fraction of sp³-hybridized carbons (Fsp3) is 0.462. The first-order valence-corrected chi connectivity index (χ1v) is 11.8. The van der Waals surface area contributed by atoms with Gasteiger partial charge in [-0.25, -0.2) is 0 Å². The number of carbonyl (C=O) groups is 3. The molecule has 194 valence electrons. The van der Waals surface area contributed by atoms with E-state index in [0.717, 1.165) is 0 Å². The number of likely N-dealkylation sites (N-methyl/N-ethyl adjacent to an activating group) is 1. The zero-order valence-corrected chi connectivity index (χ0v) is 21.4. The van der Waals surface area contributed by atoms with Crippen LogP contribution in [0.3, 0.4) is 0 Å². The molecule has 3 rings (SSSR count). The summed E-state index contributed by atoms with van der Waals surface area (Å²) in [6.07, 6.45) is 1.27. The lowest BCUT2D eigenvalue weighted by Crippen LogP contribution is -2.48. The smallest absolute Gasteiger partial charge is 0.272 e. The van der Waals surface area contributed by atoms with Crippen molar-refractivity contribution in [2.45, 2.75) is 26.0 Å². The Kier molecular flexibility index (Phi) is 9.38. The average molecular weight is 499 g/mol. The van der Waals surface area contributed by atoms with Crippen molar-refractivity contribution < 1.29 is 28.6 Å². The quantitative estimate of drug-likeness (QED) is 0.674. The Labute approximate surface area is 211 Å². The fourth-order valence-corrected chi connectivity index (χ4v) is 4.10. The lowest BCUT2D eigenvalue weighted by atomic mass is 10.0. The van der Waals surface area contributed by atoms with Gasteiger partial charge in [-0.05, 0) is 37.3 Å². The predicted octanol–water partition coefficient (Wildman–Crippen LogP) is 2.31. The third kappa shape index (κ3) is 6.58. The van der Waals surface area contributed by atoms with E-state index in [0.29, 0.717) is 35.8 Å². The van der Waals surface area contributed by atoms with Crippen LogP contribution in [0.4, 0.5) is 5.69 Å². The van der Waals surface area contributed by atoms with Crippen LogP contribution >= 0.6 is 0 Å². The number of amides is 3. The van der Waals surface area contributed by atoms with Gasteiger partial charge in [0.1, 0.15) is 24.7 Å². The van der Waals surface area contributed by atoms with Crippen LogP contribution in [0, 0.1) is 5.92 Å². The van der Waals surface area contributed by atoms with Crippen molar-refractivity contribution >= 4 is 23.4 Å². The van der Waals surface area contributed by atoms with Gasteiger partial charge in [-0.2, -0.15) is 0 Å².